The summed E-state index contributed by atoms with van der Waals surface area (Å²) < 4.78 is 40.8. The van der Waals surface area contributed by atoms with Gasteiger partial charge in [-0.15, -0.1) is 0 Å². The number of rotatable bonds is 5. The molecule has 1 spiro atoms. The van der Waals surface area contributed by atoms with E-state index in [2.05, 4.69) is 44.4 Å². The summed E-state index contributed by atoms with van der Waals surface area (Å²) in [5, 5.41) is 5.04. The van der Waals surface area contributed by atoms with E-state index in [0.717, 1.165) is 29.9 Å². The monoisotopic (exact) mass is 476 g/mol. The van der Waals surface area contributed by atoms with E-state index in [1.54, 1.807) is 0 Å². The molecule has 0 bridgehead atoms. The third-order valence-corrected chi connectivity index (χ3v) is 12.8. The molecule has 0 aromatic heterocycles. The van der Waals surface area contributed by atoms with E-state index in [9.17, 15) is 8.78 Å². The van der Waals surface area contributed by atoms with E-state index >= 15 is 0 Å². The average Bonchev–Trinajstić information content (AvgIpc) is 3.16. The van der Waals surface area contributed by atoms with E-state index in [1.807, 2.05) is 24.3 Å². The van der Waals surface area contributed by atoms with Crippen LogP contribution in [0.3, 0.4) is 0 Å². The largest absolute Gasteiger partial charge is 0.493 e. The molecular formula is C24H30F2N2O2SSi. The van der Waals surface area contributed by atoms with E-state index in [0.29, 0.717) is 18.3 Å². The fraction of sp³-hybridized carbons (Fsp3) is 0.458. The second kappa shape index (κ2) is 8.46. The maximum atomic E-state index is 14.5. The fourth-order valence-electron chi connectivity index (χ4n) is 3.78. The first-order chi connectivity index (χ1) is 15.0. The van der Waals surface area contributed by atoms with Gasteiger partial charge in [0.2, 0.25) is 0 Å². The second-order valence-electron chi connectivity index (χ2n) is 9.89. The molecule has 0 saturated carbocycles. The molecule has 8 heteroatoms. The first-order valence-electron chi connectivity index (χ1n) is 10.9. The molecule has 0 saturated heterocycles. The van der Waals surface area contributed by atoms with Crippen LogP contribution in [0.25, 0.3) is 0 Å². The quantitative estimate of drug-likeness (QED) is 0.519. The number of ether oxygens (including phenoxy) is 1. The van der Waals surface area contributed by atoms with Crippen LogP contribution in [0.5, 0.6) is 5.75 Å². The molecule has 0 radical (unpaired) electrons. The lowest BCUT2D eigenvalue weighted by Gasteiger charge is -2.42. The summed E-state index contributed by atoms with van der Waals surface area (Å²) in [5.41, 5.74) is 4.42. The number of para-hydroxylation sites is 1. The molecule has 172 valence electrons. The van der Waals surface area contributed by atoms with Gasteiger partial charge in [0.25, 0.3) is 0 Å². The first kappa shape index (κ1) is 23.3. The van der Waals surface area contributed by atoms with Crippen LogP contribution in [-0.2, 0) is 9.30 Å². The average molecular weight is 477 g/mol. The smallest absolute Gasteiger partial charge is 0.191 e. The van der Waals surface area contributed by atoms with Crippen LogP contribution in [-0.4, -0.2) is 26.6 Å². The van der Waals surface area contributed by atoms with Gasteiger partial charge in [-0.1, -0.05) is 50.7 Å². The van der Waals surface area contributed by atoms with Crippen molar-refractivity contribution in [2.75, 3.05) is 13.2 Å². The molecule has 1 N–H and O–H groups in total. The molecule has 2 aromatic rings. The number of fused-ring (bicyclic) bond motifs is 2. The predicted octanol–water partition coefficient (Wildman–Crippen LogP) is 6.24. The van der Waals surface area contributed by atoms with Crippen molar-refractivity contribution in [1.29, 1.82) is 0 Å². The molecule has 0 fully saturated rings. The number of hydrazone groups is 1. The number of halogens is 2. The van der Waals surface area contributed by atoms with E-state index in [1.165, 1.54) is 17.8 Å². The van der Waals surface area contributed by atoms with Crippen molar-refractivity contribution in [1.82, 2.24) is 5.43 Å². The van der Waals surface area contributed by atoms with Crippen molar-refractivity contribution in [2.45, 2.75) is 50.2 Å². The molecule has 32 heavy (non-hydrogen) atoms. The zero-order valence-corrected chi connectivity index (χ0v) is 21.0. The molecule has 0 amide bonds. The highest BCUT2D eigenvalue weighted by Gasteiger charge is 2.50. The Kier molecular flexibility index (Phi) is 6.15. The van der Waals surface area contributed by atoms with E-state index in [-0.39, 0.29) is 16.5 Å². The number of hydrogen-bond acceptors (Lipinski definition) is 5. The predicted molar refractivity (Wildman–Crippen MR) is 128 cm³/mol. The molecule has 0 aliphatic carbocycles. The zero-order chi connectivity index (χ0) is 23.1. The number of nitrogens with one attached hydrogen (secondary N) is 1. The van der Waals surface area contributed by atoms with Crippen LogP contribution < -0.4 is 10.2 Å². The van der Waals surface area contributed by atoms with Crippen molar-refractivity contribution in [3.63, 3.8) is 0 Å². The molecule has 4 nitrogen and oxygen atoms in total. The molecule has 2 aromatic carbocycles. The van der Waals surface area contributed by atoms with Crippen LogP contribution in [0.15, 0.2) is 47.6 Å². The Morgan fingerprint density at radius 1 is 1.22 bits per heavy atom. The van der Waals surface area contributed by atoms with Gasteiger partial charge in [0.15, 0.2) is 8.32 Å². The van der Waals surface area contributed by atoms with Crippen LogP contribution in [0.4, 0.5) is 8.78 Å². The molecule has 2 atom stereocenters. The van der Waals surface area contributed by atoms with E-state index < -0.39 is 24.8 Å². The lowest BCUT2D eigenvalue weighted by molar-refractivity contribution is 0.131. The fourth-order valence-corrected chi connectivity index (χ4v) is 6.23. The van der Waals surface area contributed by atoms with E-state index in [4.69, 9.17) is 9.16 Å². The van der Waals surface area contributed by atoms with Crippen molar-refractivity contribution in [3.8, 4) is 5.75 Å². The van der Waals surface area contributed by atoms with Gasteiger partial charge >= 0.3 is 0 Å². The highest BCUT2D eigenvalue weighted by Crippen LogP contribution is 2.52. The molecule has 2 unspecified atom stereocenters. The van der Waals surface area contributed by atoms with Crippen molar-refractivity contribution in [2.24, 2.45) is 11.0 Å². The first-order valence-corrected chi connectivity index (χ1v) is 14.6. The highest BCUT2D eigenvalue weighted by molar-refractivity contribution is 8.15. The van der Waals surface area contributed by atoms with Gasteiger partial charge in [0.1, 0.15) is 27.3 Å². The van der Waals surface area contributed by atoms with Gasteiger partial charge in [-0.2, -0.15) is 5.10 Å². The molecule has 2 aliphatic heterocycles. The topological polar surface area (TPSA) is 42.9 Å². The van der Waals surface area contributed by atoms with Crippen molar-refractivity contribution < 1.29 is 17.9 Å². The maximum absolute atomic E-state index is 14.5. The minimum Gasteiger partial charge on any atom is -0.493 e. The van der Waals surface area contributed by atoms with Crippen molar-refractivity contribution in [3.05, 3.63) is 65.2 Å². The number of benzene rings is 2. The van der Waals surface area contributed by atoms with Crippen LogP contribution in [0.1, 0.15) is 38.3 Å². The zero-order valence-electron chi connectivity index (χ0n) is 19.2. The Morgan fingerprint density at radius 2 is 1.97 bits per heavy atom. The van der Waals surface area contributed by atoms with Crippen LogP contribution in [0.2, 0.25) is 18.1 Å². The number of hydrogen-bond donors (Lipinski definition) is 1. The van der Waals surface area contributed by atoms with Gasteiger partial charge in [0, 0.05) is 23.7 Å². The van der Waals surface area contributed by atoms with Crippen LogP contribution >= 0.6 is 11.8 Å². The SMILES string of the molecule is CC(C)(C)[Si](C)(C)OCCC1COc2ccccc2C12NN=C(c1cc(F)ccc1F)S2. The summed E-state index contributed by atoms with van der Waals surface area (Å²) in [5.74, 6) is -0.165. The Bertz CT molecular complexity index is 1040. The van der Waals surface area contributed by atoms with Crippen LogP contribution in [0, 0.1) is 17.6 Å². The third-order valence-electron chi connectivity index (χ3n) is 6.78. The summed E-state index contributed by atoms with van der Waals surface area (Å²) >= 11 is 1.43. The Morgan fingerprint density at radius 3 is 2.72 bits per heavy atom. The molecule has 4 rings (SSSR count). The lowest BCUT2D eigenvalue weighted by atomic mass is 9.88. The highest BCUT2D eigenvalue weighted by atomic mass is 32.2. The Labute approximate surface area is 193 Å². The summed E-state index contributed by atoms with van der Waals surface area (Å²) in [4.78, 5) is -0.625. The minimum atomic E-state index is -1.88. The standard InChI is InChI=1S/C24H30F2N2O2SSi/c1-23(2,3)32(4,5)30-13-12-16-15-29-21-9-7-6-8-19(21)24(16)28-27-22(31-24)18-14-17(25)10-11-20(18)26/h6-11,14,16,28H,12-13,15H2,1-5H3. The molecule has 2 heterocycles. The summed E-state index contributed by atoms with van der Waals surface area (Å²) in [6.07, 6.45) is 0.759. The van der Waals surface area contributed by atoms with Gasteiger partial charge in [-0.3, -0.25) is 5.43 Å². The molecular weight excluding hydrogens is 446 g/mol. The Hall–Kier alpha value is -1.90. The normalized spacial score (nSPS) is 22.8. The maximum Gasteiger partial charge on any atom is 0.191 e. The van der Waals surface area contributed by atoms with Gasteiger partial charge in [-0.05, 0) is 48.8 Å². The Balaban J connectivity index is 1.61. The van der Waals surface area contributed by atoms with Gasteiger partial charge in [0.05, 0.1) is 6.61 Å². The number of nitrogens with zero attached hydrogens (tertiary/aromatic N) is 1. The van der Waals surface area contributed by atoms with Gasteiger partial charge < -0.3 is 9.16 Å². The molecule has 2 aliphatic rings. The summed E-state index contributed by atoms with van der Waals surface area (Å²) in [6.45, 7) is 12.3. The second-order valence-corrected chi connectivity index (χ2v) is 15.9. The number of thioether (sulfide) groups is 1. The minimum absolute atomic E-state index is 0.0324. The van der Waals surface area contributed by atoms with Crippen molar-refractivity contribution >= 4 is 25.1 Å². The summed E-state index contributed by atoms with van der Waals surface area (Å²) in [6, 6.07) is 11.3. The third kappa shape index (κ3) is 4.20. The lowest BCUT2D eigenvalue weighted by Crippen LogP contribution is -2.48. The van der Waals surface area contributed by atoms with Gasteiger partial charge in [-0.25, -0.2) is 8.78 Å². The summed E-state index contributed by atoms with van der Waals surface area (Å²) in [7, 11) is -1.88.